The SMILES string of the molecule is C#C[C@]1(CO)O[C@@H](N=C(NO)NC(=N)C=N)C(N=[N+]=[N-])[C@@H]1O. The molecule has 7 N–H and O–H groups in total. The van der Waals surface area contributed by atoms with Gasteiger partial charge in [0.1, 0.15) is 18.0 Å². The third-order valence-corrected chi connectivity index (χ3v) is 2.85. The largest absolute Gasteiger partial charge is 0.392 e. The van der Waals surface area contributed by atoms with Gasteiger partial charge < -0.3 is 25.7 Å². The molecule has 0 aromatic carbocycles. The summed E-state index contributed by atoms with van der Waals surface area (Å²) < 4.78 is 5.27. The van der Waals surface area contributed by atoms with Crippen LogP contribution in [0.5, 0.6) is 0 Å². The number of hydrogen-bond acceptors (Lipinski definition) is 8. The van der Waals surface area contributed by atoms with E-state index >= 15 is 0 Å². The first-order valence-corrected chi connectivity index (χ1v) is 5.80. The minimum absolute atomic E-state index is 0.408. The maximum Gasteiger partial charge on any atom is 0.223 e. The zero-order chi connectivity index (χ0) is 16.8. The average molecular weight is 310 g/mol. The fourth-order valence-corrected chi connectivity index (χ4v) is 1.75. The molecule has 12 nitrogen and oxygen atoms in total. The minimum atomic E-state index is -1.82. The second-order valence-corrected chi connectivity index (χ2v) is 4.11. The fourth-order valence-electron chi connectivity index (χ4n) is 1.75. The van der Waals surface area contributed by atoms with Gasteiger partial charge in [-0.05, 0) is 5.53 Å². The molecule has 0 aromatic heterocycles. The lowest BCUT2D eigenvalue weighted by atomic mass is 9.96. The van der Waals surface area contributed by atoms with Gasteiger partial charge in [0.15, 0.2) is 11.8 Å². The van der Waals surface area contributed by atoms with Crippen LogP contribution in [0.25, 0.3) is 10.4 Å². The normalized spacial score (nSPS) is 30.8. The maximum absolute atomic E-state index is 10.1. The Balaban J connectivity index is 3.14. The predicted molar refractivity (Wildman–Crippen MR) is 74.5 cm³/mol. The first-order chi connectivity index (χ1) is 10.5. The Morgan fingerprint density at radius 1 is 1.64 bits per heavy atom. The molecule has 1 aliphatic rings. The summed E-state index contributed by atoms with van der Waals surface area (Å²) in [4.78, 5) is 6.32. The van der Waals surface area contributed by atoms with Crippen LogP contribution in [0, 0.1) is 23.2 Å². The van der Waals surface area contributed by atoms with E-state index in [9.17, 15) is 10.2 Å². The highest BCUT2D eigenvalue weighted by molar-refractivity contribution is 6.30. The van der Waals surface area contributed by atoms with E-state index in [0.717, 1.165) is 0 Å². The smallest absolute Gasteiger partial charge is 0.223 e. The molecule has 1 aliphatic heterocycles. The Morgan fingerprint density at radius 2 is 2.32 bits per heavy atom. The molecule has 22 heavy (non-hydrogen) atoms. The Hall–Kier alpha value is -2.68. The van der Waals surface area contributed by atoms with E-state index < -0.39 is 42.4 Å². The van der Waals surface area contributed by atoms with Crippen LogP contribution >= 0.6 is 0 Å². The molecule has 0 aliphatic carbocycles. The Morgan fingerprint density at radius 3 is 2.77 bits per heavy atom. The number of nitrogens with one attached hydrogen (secondary N) is 4. The van der Waals surface area contributed by atoms with Crippen LogP contribution in [0.15, 0.2) is 10.1 Å². The summed E-state index contributed by atoms with van der Waals surface area (Å²) >= 11 is 0. The van der Waals surface area contributed by atoms with E-state index in [1.807, 2.05) is 0 Å². The molecule has 1 heterocycles. The van der Waals surface area contributed by atoms with Crippen molar-refractivity contribution in [3.05, 3.63) is 10.4 Å². The van der Waals surface area contributed by atoms with E-state index in [4.69, 9.17) is 32.7 Å². The van der Waals surface area contributed by atoms with Crippen LogP contribution in [0.3, 0.4) is 0 Å². The van der Waals surface area contributed by atoms with Crippen molar-refractivity contribution in [2.24, 2.45) is 10.1 Å². The fraction of sp³-hybridized carbons (Fsp3) is 0.500. The number of hydrogen-bond donors (Lipinski definition) is 7. The van der Waals surface area contributed by atoms with E-state index in [2.05, 4.69) is 26.3 Å². The number of nitrogens with zero attached hydrogens (tertiary/aromatic N) is 4. The van der Waals surface area contributed by atoms with Crippen molar-refractivity contribution < 1.29 is 20.2 Å². The summed E-state index contributed by atoms with van der Waals surface area (Å²) in [6.07, 6.45) is 3.00. The molecule has 0 saturated carbocycles. The van der Waals surface area contributed by atoms with E-state index in [1.165, 1.54) is 0 Å². The zero-order valence-electron chi connectivity index (χ0n) is 11.1. The molecule has 0 amide bonds. The van der Waals surface area contributed by atoms with Crippen LogP contribution in [0.1, 0.15) is 0 Å². The topological polar surface area (TPSA) is 203 Å². The summed E-state index contributed by atoms with van der Waals surface area (Å²) in [6, 6.07) is -1.27. The van der Waals surface area contributed by atoms with E-state index in [0.29, 0.717) is 6.21 Å². The molecule has 1 rings (SSSR count). The van der Waals surface area contributed by atoms with Crippen molar-refractivity contribution in [2.75, 3.05) is 6.61 Å². The van der Waals surface area contributed by atoms with Crippen molar-refractivity contribution in [3.63, 3.8) is 0 Å². The van der Waals surface area contributed by atoms with Gasteiger partial charge in [-0.25, -0.2) is 10.5 Å². The number of guanidine groups is 1. The van der Waals surface area contributed by atoms with E-state index in [1.54, 1.807) is 5.48 Å². The monoisotopic (exact) mass is 310 g/mol. The van der Waals surface area contributed by atoms with Gasteiger partial charge in [-0.2, -0.15) is 0 Å². The van der Waals surface area contributed by atoms with Gasteiger partial charge in [-0.3, -0.25) is 10.6 Å². The van der Waals surface area contributed by atoms with Crippen LogP contribution < -0.4 is 10.8 Å². The second kappa shape index (κ2) is 7.36. The third-order valence-electron chi connectivity index (χ3n) is 2.85. The molecule has 1 saturated heterocycles. The van der Waals surface area contributed by atoms with E-state index in [-0.39, 0.29) is 0 Å². The number of aliphatic hydroxyl groups is 2. The quantitative estimate of drug-likeness (QED) is 0.0612. The van der Waals surface area contributed by atoms with Crippen LogP contribution in [0.4, 0.5) is 0 Å². The zero-order valence-corrected chi connectivity index (χ0v) is 11.1. The number of aliphatic imine (C=N–C) groups is 1. The molecule has 4 atom stereocenters. The molecule has 118 valence electrons. The van der Waals surface area contributed by atoms with Crippen molar-refractivity contribution in [1.82, 2.24) is 10.8 Å². The number of ether oxygens (including phenoxy) is 1. The van der Waals surface area contributed by atoms with Crippen molar-refractivity contribution in [3.8, 4) is 12.3 Å². The lowest BCUT2D eigenvalue weighted by molar-refractivity contribution is -0.0692. The molecular weight excluding hydrogens is 296 g/mol. The van der Waals surface area contributed by atoms with Gasteiger partial charge in [-0.15, -0.1) is 6.42 Å². The Labute approximate surface area is 124 Å². The summed E-state index contributed by atoms with van der Waals surface area (Å²) in [5, 5.41) is 47.9. The molecular formula is C10H14N8O4. The first-order valence-electron chi connectivity index (χ1n) is 5.80. The van der Waals surface area contributed by atoms with Gasteiger partial charge in [0, 0.05) is 4.91 Å². The number of rotatable bonds is 4. The van der Waals surface area contributed by atoms with Crippen molar-refractivity contribution >= 4 is 18.0 Å². The highest BCUT2D eigenvalue weighted by Crippen LogP contribution is 2.33. The van der Waals surface area contributed by atoms with Gasteiger partial charge in [0.25, 0.3) is 0 Å². The number of terminal acetylenes is 1. The highest BCUT2D eigenvalue weighted by Gasteiger charge is 2.53. The minimum Gasteiger partial charge on any atom is -0.392 e. The van der Waals surface area contributed by atoms with Crippen LogP contribution in [0.2, 0.25) is 0 Å². The summed E-state index contributed by atoms with van der Waals surface area (Å²) in [5.41, 5.74) is 8.34. The lowest BCUT2D eigenvalue weighted by Crippen LogP contribution is -2.44. The number of amidine groups is 1. The molecule has 12 heteroatoms. The molecule has 1 fully saturated rings. The lowest BCUT2D eigenvalue weighted by Gasteiger charge is -2.23. The second-order valence-electron chi connectivity index (χ2n) is 4.11. The maximum atomic E-state index is 10.1. The number of hydroxylamine groups is 1. The van der Waals surface area contributed by atoms with Gasteiger partial charge in [0.05, 0.1) is 12.8 Å². The Kier molecular flexibility index (Phi) is 5.81. The third kappa shape index (κ3) is 3.31. The number of azide groups is 1. The molecule has 0 spiro atoms. The van der Waals surface area contributed by atoms with Crippen LogP contribution in [-0.2, 0) is 4.74 Å². The summed E-state index contributed by atoms with van der Waals surface area (Å²) in [6.45, 7) is -0.750. The van der Waals surface area contributed by atoms with Gasteiger partial charge in [-0.1, -0.05) is 11.0 Å². The molecule has 0 radical (unpaired) electrons. The van der Waals surface area contributed by atoms with Crippen molar-refractivity contribution in [1.29, 1.82) is 10.8 Å². The first kappa shape index (κ1) is 17.4. The predicted octanol–water partition coefficient (Wildman–Crippen LogP) is -1.70. The average Bonchev–Trinajstić information content (AvgIpc) is 2.80. The van der Waals surface area contributed by atoms with Crippen molar-refractivity contribution in [2.45, 2.75) is 24.0 Å². The number of aliphatic hydroxyl groups excluding tert-OH is 2. The standard InChI is InChI=1S/C10H14N8O4/c1-2-10(4-19)7(20)6(16-18-13)8(22-10)15-9(17-21)14-5(12)3-11/h1,3,6-8,11,19-21H,4H2,(H3,12,14,15,17)/t6?,7-,8+,10+/m0/s1. The summed E-state index contributed by atoms with van der Waals surface area (Å²) in [5.74, 6) is 1.26. The van der Waals surface area contributed by atoms with Crippen LogP contribution in [-0.4, -0.2) is 64.0 Å². The molecule has 0 aromatic rings. The summed E-state index contributed by atoms with van der Waals surface area (Å²) in [7, 11) is 0. The molecule has 1 unspecified atom stereocenters. The van der Waals surface area contributed by atoms with Gasteiger partial charge >= 0.3 is 0 Å². The molecule has 0 bridgehead atoms. The Bertz CT molecular complexity index is 566. The van der Waals surface area contributed by atoms with Gasteiger partial charge in [0.2, 0.25) is 5.96 Å². The highest BCUT2D eigenvalue weighted by atomic mass is 16.6.